The van der Waals surface area contributed by atoms with Crippen LogP contribution in [0.1, 0.15) is 18.1 Å². The predicted octanol–water partition coefficient (Wildman–Crippen LogP) is 1.13. The number of rotatable bonds is 3. The van der Waals surface area contributed by atoms with Crippen LogP contribution in [0.3, 0.4) is 0 Å². The van der Waals surface area contributed by atoms with Crippen LogP contribution < -0.4 is 5.32 Å². The van der Waals surface area contributed by atoms with Gasteiger partial charge in [-0.2, -0.15) is 0 Å². The molecule has 2 rings (SSSR count). The average molecular weight is 191 g/mol. The number of benzene rings is 1. The quantitative estimate of drug-likeness (QED) is 0.750. The SMILES string of the molecule is CCc1ccccc1CC1(O)CNC1. The van der Waals surface area contributed by atoms with E-state index >= 15 is 0 Å². The summed E-state index contributed by atoms with van der Waals surface area (Å²) >= 11 is 0. The van der Waals surface area contributed by atoms with Gasteiger partial charge >= 0.3 is 0 Å². The highest BCUT2D eigenvalue weighted by atomic mass is 16.3. The Morgan fingerprint density at radius 3 is 2.43 bits per heavy atom. The number of nitrogens with one attached hydrogen (secondary N) is 1. The third kappa shape index (κ3) is 1.81. The average Bonchev–Trinajstić information content (AvgIpc) is 2.16. The predicted molar refractivity (Wildman–Crippen MR) is 57.3 cm³/mol. The fraction of sp³-hybridized carbons (Fsp3) is 0.500. The van der Waals surface area contributed by atoms with Crippen LogP contribution in [0.4, 0.5) is 0 Å². The van der Waals surface area contributed by atoms with Crippen molar-refractivity contribution in [3.8, 4) is 0 Å². The zero-order valence-corrected chi connectivity index (χ0v) is 8.59. The number of aliphatic hydroxyl groups is 1. The minimum atomic E-state index is -0.495. The van der Waals surface area contributed by atoms with E-state index in [0.717, 1.165) is 25.9 Å². The van der Waals surface area contributed by atoms with Crippen LogP contribution in [0.25, 0.3) is 0 Å². The first-order chi connectivity index (χ1) is 6.73. The Labute approximate surface area is 85.0 Å². The monoisotopic (exact) mass is 191 g/mol. The van der Waals surface area contributed by atoms with Gasteiger partial charge in [-0.3, -0.25) is 0 Å². The molecule has 2 nitrogen and oxygen atoms in total. The maximum atomic E-state index is 10.0. The van der Waals surface area contributed by atoms with E-state index in [1.807, 2.05) is 6.07 Å². The largest absolute Gasteiger partial charge is 0.387 e. The lowest BCUT2D eigenvalue weighted by Crippen LogP contribution is -2.60. The molecule has 0 bridgehead atoms. The first-order valence-electron chi connectivity index (χ1n) is 5.23. The van der Waals surface area contributed by atoms with Gasteiger partial charge in [-0.1, -0.05) is 31.2 Å². The Hall–Kier alpha value is -0.860. The topological polar surface area (TPSA) is 32.3 Å². The number of β-amino-alcohol motifs (C(OH)–C–C–N with tert-alkyl or cyclic N) is 1. The van der Waals surface area contributed by atoms with Crippen molar-refractivity contribution in [1.29, 1.82) is 0 Å². The van der Waals surface area contributed by atoms with Crippen LogP contribution in [-0.4, -0.2) is 23.8 Å². The van der Waals surface area contributed by atoms with Gasteiger partial charge in [0.05, 0.1) is 5.60 Å². The van der Waals surface area contributed by atoms with Crippen molar-refractivity contribution in [2.24, 2.45) is 0 Å². The third-order valence-electron chi connectivity index (χ3n) is 2.93. The van der Waals surface area contributed by atoms with Crippen LogP contribution in [0.2, 0.25) is 0 Å². The van der Waals surface area contributed by atoms with Crippen LogP contribution in [0, 0.1) is 0 Å². The molecule has 0 unspecified atom stereocenters. The van der Waals surface area contributed by atoms with Crippen LogP contribution in [0.5, 0.6) is 0 Å². The fourth-order valence-corrected chi connectivity index (χ4v) is 1.97. The van der Waals surface area contributed by atoms with Gasteiger partial charge in [0.2, 0.25) is 0 Å². The van der Waals surface area contributed by atoms with Gasteiger partial charge in [-0.25, -0.2) is 0 Å². The molecule has 0 aliphatic carbocycles. The summed E-state index contributed by atoms with van der Waals surface area (Å²) in [6, 6.07) is 8.37. The highest BCUT2D eigenvalue weighted by molar-refractivity contribution is 5.29. The van der Waals surface area contributed by atoms with Crippen molar-refractivity contribution in [3.05, 3.63) is 35.4 Å². The van der Waals surface area contributed by atoms with Crippen molar-refractivity contribution in [3.63, 3.8) is 0 Å². The van der Waals surface area contributed by atoms with Gasteiger partial charge in [-0.15, -0.1) is 0 Å². The second kappa shape index (κ2) is 3.71. The number of aryl methyl sites for hydroxylation is 1. The summed E-state index contributed by atoms with van der Waals surface area (Å²) in [6.07, 6.45) is 1.82. The van der Waals surface area contributed by atoms with E-state index in [9.17, 15) is 5.11 Å². The molecule has 1 aromatic carbocycles. The van der Waals surface area contributed by atoms with Gasteiger partial charge in [0.1, 0.15) is 0 Å². The lowest BCUT2D eigenvalue weighted by molar-refractivity contribution is -0.00917. The van der Waals surface area contributed by atoms with Gasteiger partial charge in [0.15, 0.2) is 0 Å². The summed E-state index contributed by atoms with van der Waals surface area (Å²) in [7, 11) is 0. The van der Waals surface area contributed by atoms with Gasteiger partial charge < -0.3 is 10.4 Å². The van der Waals surface area contributed by atoms with E-state index in [2.05, 4.69) is 30.4 Å². The molecule has 1 fully saturated rings. The summed E-state index contributed by atoms with van der Waals surface area (Å²) in [5, 5.41) is 13.1. The standard InChI is InChI=1S/C12H17NO/c1-2-10-5-3-4-6-11(10)7-12(14)8-13-9-12/h3-6,13-14H,2,7-9H2,1H3. The zero-order valence-electron chi connectivity index (χ0n) is 8.59. The smallest absolute Gasteiger partial charge is 0.0935 e. The molecule has 14 heavy (non-hydrogen) atoms. The van der Waals surface area contributed by atoms with E-state index in [4.69, 9.17) is 0 Å². The summed E-state index contributed by atoms with van der Waals surface area (Å²) in [6.45, 7) is 3.61. The summed E-state index contributed by atoms with van der Waals surface area (Å²) in [5.74, 6) is 0. The molecular formula is C12H17NO. The van der Waals surface area contributed by atoms with Crippen molar-refractivity contribution < 1.29 is 5.11 Å². The second-order valence-electron chi connectivity index (χ2n) is 4.13. The first kappa shape index (κ1) is 9.69. The summed E-state index contributed by atoms with van der Waals surface area (Å²) in [4.78, 5) is 0. The Balaban J connectivity index is 2.15. The number of hydrogen-bond acceptors (Lipinski definition) is 2. The highest BCUT2D eigenvalue weighted by Crippen LogP contribution is 2.20. The molecule has 0 spiro atoms. The molecule has 1 heterocycles. The molecule has 1 aliphatic rings. The number of hydrogen-bond donors (Lipinski definition) is 2. The normalized spacial score (nSPS) is 19.0. The van der Waals surface area contributed by atoms with Crippen LogP contribution >= 0.6 is 0 Å². The Kier molecular flexibility index (Phi) is 2.57. The molecule has 1 aliphatic heterocycles. The molecular weight excluding hydrogens is 174 g/mol. The van der Waals surface area contributed by atoms with Crippen LogP contribution in [0.15, 0.2) is 24.3 Å². The molecule has 0 atom stereocenters. The molecule has 2 N–H and O–H groups in total. The van der Waals surface area contributed by atoms with E-state index in [-0.39, 0.29) is 0 Å². The lowest BCUT2D eigenvalue weighted by atomic mass is 9.87. The molecule has 0 radical (unpaired) electrons. The molecule has 0 saturated carbocycles. The molecule has 1 saturated heterocycles. The summed E-state index contributed by atoms with van der Waals surface area (Å²) in [5.41, 5.74) is 2.15. The van der Waals surface area contributed by atoms with E-state index < -0.39 is 5.60 Å². The Morgan fingerprint density at radius 1 is 1.29 bits per heavy atom. The van der Waals surface area contributed by atoms with Crippen molar-refractivity contribution in [2.45, 2.75) is 25.4 Å². The van der Waals surface area contributed by atoms with Crippen LogP contribution in [-0.2, 0) is 12.8 Å². The molecule has 76 valence electrons. The van der Waals surface area contributed by atoms with Gasteiger partial charge in [0, 0.05) is 19.5 Å². The van der Waals surface area contributed by atoms with E-state index in [1.54, 1.807) is 0 Å². The Bertz CT molecular complexity index is 318. The minimum absolute atomic E-state index is 0.495. The first-order valence-corrected chi connectivity index (χ1v) is 5.23. The molecule has 1 aromatic rings. The third-order valence-corrected chi connectivity index (χ3v) is 2.93. The van der Waals surface area contributed by atoms with Gasteiger partial charge in [-0.05, 0) is 17.5 Å². The Morgan fingerprint density at radius 2 is 1.93 bits per heavy atom. The zero-order chi connectivity index (χ0) is 10.0. The second-order valence-corrected chi connectivity index (χ2v) is 4.13. The van der Waals surface area contributed by atoms with Crippen molar-refractivity contribution >= 4 is 0 Å². The maximum Gasteiger partial charge on any atom is 0.0935 e. The van der Waals surface area contributed by atoms with Gasteiger partial charge in [0.25, 0.3) is 0 Å². The molecule has 0 aromatic heterocycles. The fourth-order valence-electron chi connectivity index (χ4n) is 1.97. The minimum Gasteiger partial charge on any atom is -0.387 e. The highest BCUT2D eigenvalue weighted by Gasteiger charge is 2.34. The summed E-state index contributed by atoms with van der Waals surface area (Å²) < 4.78 is 0. The maximum absolute atomic E-state index is 10.0. The van der Waals surface area contributed by atoms with E-state index in [0.29, 0.717) is 0 Å². The van der Waals surface area contributed by atoms with E-state index in [1.165, 1.54) is 11.1 Å². The van der Waals surface area contributed by atoms with Crippen molar-refractivity contribution in [1.82, 2.24) is 5.32 Å². The molecule has 2 heteroatoms. The van der Waals surface area contributed by atoms with Crippen molar-refractivity contribution in [2.75, 3.05) is 13.1 Å². The lowest BCUT2D eigenvalue weighted by Gasteiger charge is -2.38. The molecule has 0 amide bonds.